The van der Waals surface area contributed by atoms with Crippen LogP contribution < -0.4 is 52.3 Å². The van der Waals surface area contributed by atoms with Crippen molar-refractivity contribution in [2.45, 2.75) is 248 Å². The monoisotopic (exact) mass is 1830 g/mol. The Morgan fingerprint density at radius 3 is 1.05 bits per heavy atom. The number of aromatic nitrogens is 5. The van der Waals surface area contributed by atoms with E-state index in [1.807, 2.05) is 113 Å². The molecule has 0 atom stereocenters. The third-order valence-corrected chi connectivity index (χ3v) is 30.6. The molecule has 0 unspecified atom stereocenters. The number of hydrogen-bond donors (Lipinski definition) is 0. The van der Waals surface area contributed by atoms with Gasteiger partial charge >= 0.3 is 0 Å². The van der Waals surface area contributed by atoms with Crippen molar-refractivity contribution in [2.75, 3.05) is 89.9 Å². The Morgan fingerprint density at radius 1 is 0.354 bits per heavy atom. The molecule has 5 saturated carbocycles. The van der Waals surface area contributed by atoms with Crippen molar-refractivity contribution in [3.8, 4) is 6.07 Å². The van der Waals surface area contributed by atoms with E-state index in [-0.39, 0.29) is 32.7 Å². The Morgan fingerprint density at radius 2 is 0.677 bits per heavy atom. The molecule has 5 aromatic carbocycles. The van der Waals surface area contributed by atoms with E-state index in [4.69, 9.17) is 46.4 Å². The van der Waals surface area contributed by atoms with Crippen LogP contribution >= 0.6 is 46.4 Å². The summed E-state index contributed by atoms with van der Waals surface area (Å²) in [6, 6.07) is 62.8. The van der Waals surface area contributed by atoms with Crippen LogP contribution in [-0.2, 0) is 49.2 Å². The van der Waals surface area contributed by atoms with Crippen LogP contribution in [0.2, 0.25) is 20.1 Å². The highest BCUT2D eigenvalue weighted by molar-refractivity contribution is 6.34. The van der Waals surface area contributed by atoms with Gasteiger partial charge in [0, 0.05) is 153 Å². The van der Waals surface area contributed by atoms with Gasteiger partial charge in [-0.05, 0) is 232 Å². The zero-order valence-electron chi connectivity index (χ0n) is 76.5. The van der Waals surface area contributed by atoms with E-state index < -0.39 is 11.1 Å². The summed E-state index contributed by atoms with van der Waals surface area (Å²) >= 11 is 25.7. The second kappa shape index (κ2) is 42.5. The number of unbranched alkanes of at least 4 members (excludes halogenated alkanes) is 1. The van der Waals surface area contributed by atoms with Crippen molar-refractivity contribution >= 4 is 74.8 Å². The van der Waals surface area contributed by atoms with Gasteiger partial charge in [0.05, 0.1) is 34.2 Å². The second-order valence-corrected chi connectivity index (χ2v) is 41.1. The minimum Gasteiger partial charge on any atom is -0.371 e. The summed E-state index contributed by atoms with van der Waals surface area (Å²) < 4.78 is 24.2. The maximum Gasteiger partial charge on any atom is 0.271 e. The van der Waals surface area contributed by atoms with Crippen molar-refractivity contribution in [2.24, 2.45) is 23.7 Å². The third-order valence-electron chi connectivity index (χ3n) is 29.2. The molecule has 0 radical (unpaired) electrons. The predicted octanol–water partition coefficient (Wildman–Crippen LogP) is 23.5. The Kier molecular flexibility index (Phi) is 30.6. The Bertz CT molecular complexity index is 5790. The van der Waals surface area contributed by atoms with E-state index in [0.717, 1.165) is 175 Å². The van der Waals surface area contributed by atoms with Crippen LogP contribution in [0.3, 0.4) is 0 Å². The number of halogens is 5. The van der Waals surface area contributed by atoms with Crippen LogP contribution in [0.25, 0.3) is 0 Å². The van der Waals surface area contributed by atoms with Gasteiger partial charge in [0.25, 0.3) is 27.8 Å². The SMILES string of the molecule is CC(C)(C)c1ccc(C2CCN(c3ccn(CC4CC4)c(=O)c3Cl)CC2)cc1.CCCCn1ccc(N2CCC(F)(c3ccccc3)CC2)c(Cl)c1=O.N#CC1(c2ccccc2)CCN(c2ccn(CC3CC3)c(=O)c2Cl)CC1.O=c1c(C2CC2)c(N2CCC(c3ccccc3)CC2)ccn1CC1CC1.O=c1c(Cl)c(N2CCC(c3ccccc3)CC2)ccn1CCC1CC1. The zero-order chi connectivity index (χ0) is 90.6. The lowest BCUT2D eigenvalue weighted by Gasteiger charge is -2.39. The number of anilines is 5. The van der Waals surface area contributed by atoms with Crippen LogP contribution in [0.15, 0.2) is 231 Å². The summed E-state index contributed by atoms with van der Waals surface area (Å²) in [6.07, 6.45) is 34.1. The van der Waals surface area contributed by atoms with E-state index in [1.165, 1.54) is 105 Å². The largest absolute Gasteiger partial charge is 0.371 e. The van der Waals surface area contributed by atoms with Crippen LogP contribution in [0.4, 0.5) is 32.8 Å². The lowest BCUT2D eigenvalue weighted by molar-refractivity contribution is 0.125. The van der Waals surface area contributed by atoms with Gasteiger partial charge in [-0.1, -0.05) is 239 Å². The summed E-state index contributed by atoms with van der Waals surface area (Å²) in [5, 5.41) is 11.1. The van der Waals surface area contributed by atoms with Gasteiger partial charge in [-0.15, -0.1) is 0 Å². The molecule has 20 rings (SSSR count). The molecule has 5 aliphatic carbocycles. The molecule has 130 heavy (non-hydrogen) atoms. The number of piperidine rings is 5. The number of hydrogen-bond acceptors (Lipinski definition) is 11. The highest BCUT2D eigenvalue weighted by Crippen LogP contribution is 2.46. The first-order chi connectivity index (χ1) is 63.0. The van der Waals surface area contributed by atoms with Crippen molar-refractivity contribution in [1.29, 1.82) is 5.26 Å². The quantitative estimate of drug-likeness (QED) is 0.0602. The third kappa shape index (κ3) is 23.4. The fourth-order valence-electron chi connectivity index (χ4n) is 19.9. The Labute approximate surface area is 787 Å². The minimum atomic E-state index is -1.31. The smallest absolute Gasteiger partial charge is 0.271 e. The minimum absolute atomic E-state index is 0.0361. The molecular weight excluding hydrogens is 1700 g/mol. The molecular formula is C109H130Cl4FN11O5. The van der Waals surface area contributed by atoms with Crippen molar-refractivity contribution < 1.29 is 4.39 Å². The average Bonchev–Trinajstić information content (AvgIpc) is 1.54. The molecule has 10 aliphatic rings. The summed E-state index contributed by atoms with van der Waals surface area (Å²) in [7, 11) is 0. The molecule has 0 bridgehead atoms. The van der Waals surface area contributed by atoms with Crippen LogP contribution in [0.1, 0.15) is 238 Å². The second-order valence-electron chi connectivity index (χ2n) is 39.6. The first-order valence-electron chi connectivity index (χ1n) is 48.5. The fourth-order valence-corrected chi connectivity index (χ4v) is 21.0. The molecule has 10 aromatic rings. The van der Waals surface area contributed by atoms with Gasteiger partial charge in [0.2, 0.25) is 0 Å². The molecule has 0 amide bonds. The molecule has 16 nitrogen and oxygen atoms in total. The average molecular weight is 1840 g/mol. The van der Waals surface area contributed by atoms with E-state index in [1.54, 1.807) is 24.5 Å². The Balaban J connectivity index is 0.000000119. The van der Waals surface area contributed by atoms with Crippen molar-refractivity contribution in [3.63, 3.8) is 0 Å². The number of nitrogens with zero attached hydrogens (tertiary/aromatic N) is 11. The molecule has 5 saturated heterocycles. The van der Waals surface area contributed by atoms with Crippen molar-refractivity contribution in [3.05, 3.63) is 318 Å². The first-order valence-corrected chi connectivity index (χ1v) is 50.0. The number of benzene rings is 5. The topological polar surface area (TPSA) is 150 Å². The molecule has 10 fully saturated rings. The first kappa shape index (κ1) is 93.7. The van der Waals surface area contributed by atoms with Crippen LogP contribution in [0.5, 0.6) is 0 Å². The highest BCUT2D eigenvalue weighted by Gasteiger charge is 2.41. The standard InChI is InChI=1S/C24H31ClN2O.C23H28N2O.C21H22ClN3O.C21H25ClN2O.C20H24ClFN2O/c1-24(2,3)20-8-6-18(7-9-20)19-10-13-26(14-11-19)21-12-15-27(16-17-4-5-17)23(28)22(21)25;26-23-22(20-8-9-20)21(12-15-25(23)16-17-6-7-17)24-13-10-19(11-14-24)18-4-2-1-3-5-18;22-19-18(8-11-25(20(19)26)14-16-6-7-16)24-12-9-21(15-23,10-13-24)17-4-2-1-3-5-17;22-20-19(11-15-24(21(20)25)12-8-16-6-7-16)23-13-9-18(10-14-23)17-4-2-1-3-5-17;1-2-3-12-24-13-9-17(18(21)19(24)25)23-14-10-20(22,11-15-23)16-7-5-4-6-8-16/h6-9,12,15,17,19H,4-5,10-11,13-14,16H2,1-3H3;1-5,12,15,17,19-20H,6-11,13-14,16H2;1-5,8,11,16H,6-7,9-10,12-14H2;1-5,11,15-16,18H,6-10,12-14H2;4-9,13H,2-3,10-12,14-15H2,1H3. The van der Waals surface area contributed by atoms with E-state index in [2.05, 4.69) is 151 Å². The van der Waals surface area contributed by atoms with Crippen LogP contribution in [0, 0.1) is 35.0 Å². The maximum atomic E-state index is 15.3. The van der Waals surface area contributed by atoms with Gasteiger partial charge in [-0.25, -0.2) is 4.39 Å². The fraction of sp³-hybridized carbons (Fsp3) is 0.486. The number of pyridine rings is 5. The van der Waals surface area contributed by atoms with E-state index >= 15 is 4.39 Å². The number of rotatable bonds is 23. The molecule has 5 aromatic heterocycles. The molecule has 10 heterocycles. The maximum absolute atomic E-state index is 15.3. The zero-order valence-corrected chi connectivity index (χ0v) is 79.5. The molecule has 5 aliphatic heterocycles. The van der Waals surface area contributed by atoms with E-state index in [9.17, 15) is 29.2 Å². The van der Waals surface area contributed by atoms with E-state index in [0.29, 0.717) is 102 Å². The summed E-state index contributed by atoms with van der Waals surface area (Å²) in [4.78, 5) is 74.4. The number of aryl methyl sites for hydroxylation is 2. The number of alkyl halides is 1. The van der Waals surface area contributed by atoms with Gasteiger partial charge < -0.3 is 47.3 Å². The molecule has 0 spiro atoms. The van der Waals surface area contributed by atoms with Gasteiger partial charge in [0.1, 0.15) is 25.8 Å². The Hall–Kier alpha value is -9.57. The summed E-state index contributed by atoms with van der Waals surface area (Å²) in [5.41, 5.74) is 11.6. The predicted molar refractivity (Wildman–Crippen MR) is 532 cm³/mol. The summed E-state index contributed by atoms with van der Waals surface area (Å²) in [5.74, 6) is 5.22. The van der Waals surface area contributed by atoms with Gasteiger partial charge in [-0.2, -0.15) is 5.26 Å². The normalized spacial score (nSPS) is 18.8. The summed E-state index contributed by atoms with van der Waals surface area (Å²) in [6.45, 7) is 21.2. The molecule has 686 valence electrons. The molecule has 21 heteroatoms. The lowest BCUT2D eigenvalue weighted by Crippen LogP contribution is -2.42. The van der Waals surface area contributed by atoms with Gasteiger partial charge in [-0.3, -0.25) is 24.0 Å². The molecule has 0 N–H and O–H groups in total. The van der Waals surface area contributed by atoms with Crippen molar-refractivity contribution in [1.82, 2.24) is 22.8 Å². The number of nitriles is 1. The lowest BCUT2D eigenvalue weighted by atomic mass is 9.74. The van der Waals surface area contributed by atoms with Crippen LogP contribution in [-0.4, -0.2) is 88.3 Å². The van der Waals surface area contributed by atoms with Gasteiger partial charge in [0.15, 0.2) is 0 Å². The highest BCUT2D eigenvalue weighted by atomic mass is 35.5.